The summed E-state index contributed by atoms with van der Waals surface area (Å²) in [4.78, 5) is 46.5. The fourth-order valence-electron chi connectivity index (χ4n) is 3.76. The predicted octanol–water partition coefficient (Wildman–Crippen LogP) is 2.58. The molecule has 0 spiro atoms. The molecule has 1 N–H and O–H groups in total. The second kappa shape index (κ2) is 25.6. The molecule has 266 valence electrons. The highest BCUT2D eigenvalue weighted by molar-refractivity contribution is 7.44. The van der Waals surface area contributed by atoms with Gasteiger partial charge < -0.3 is 47.5 Å². The summed E-state index contributed by atoms with van der Waals surface area (Å²) in [6, 6.07) is 2.45. The Labute approximate surface area is 273 Å². The number of ether oxygens (including phenoxy) is 7. The standard InChI is InChI=1S/C29H52N3O13P/c1-20(2)32(21(3)4)46(41-12-10-11-30)42-18-16-38-14-13-37-15-17-39-29(28(31-23(6)33)44-26(9)36)45-27(19-40-24(7)34)22(5)43-25(8)35/h20-22,27-29H,10,12-19H2,1-9H3,(H,31,33)/t22-,27?,28+,29?,46?/m1/s1. The van der Waals surface area contributed by atoms with Crippen LogP contribution in [0.5, 0.6) is 0 Å². The molecule has 0 rings (SSSR count). The van der Waals surface area contributed by atoms with Crippen LogP contribution in [0.25, 0.3) is 0 Å². The third-order valence-electron chi connectivity index (χ3n) is 5.49. The molecule has 17 heteroatoms. The van der Waals surface area contributed by atoms with Crippen molar-refractivity contribution in [2.75, 3.05) is 52.9 Å². The Morgan fingerprint density at radius 2 is 1.30 bits per heavy atom. The molecule has 16 nitrogen and oxygen atoms in total. The van der Waals surface area contributed by atoms with Crippen LogP contribution in [0.4, 0.5) is 0 Å². The smallest absolute Gasteiger partial charge is 0.304 e. The van der Waals surface area contributed by atoms with Crippen LogP contribution >= 0.6 is 8.53 Å². The molecule has 0 aromatic carbocycles. The van der Waals surface area contributed by atoms with E-state index in [0.29, 0.717) is 6.61 Å². The van der Waals surface area contributed by atoms with Gasteiger partial charge in [-0.25, -0.2) is 4.67 Å². The van der Waals surface area contributed by atoms with Crippen molar-refractivity contribution < 1.29 is 61.4 Å². The Balaban J connectivity index is 5.01. The second-order valence-corrected chi connectivity index (χ2v) is 11.8. The first-order valence-corrected chi connectivity index (χ1v) is 16.2. The minimum Gasteiger partial charge on any atom is -0.463 e. The fourth-order valence-corrected chi connectivity index (χ4v) is 5.33. The zero-order chi connectivity index (χ0) is 35.1. The van der Waals surface area contributed by atoms with Crippen LogP contribution in [0.3, 0.4) is 0 Å². The molecule has 0 bridgehead atoms. The second-order valence-electron chi connectivity index (χ2n) is 10.4. The Kier molecular flexibility index (Phi) is 24.2. The maximum atomic E-state index is 11.8. The lowest BCUT2D eigenvalue weighted by Gasteiger charge is -2.35. The number of nitrogens with zero attached hydrogens (tertiary/aromatic N) is 2. The molecule has 0 aliphatic rings. The largest absolute Gasteiger partial charge is 0.463 e. The van der Waals surface area contributed by atoms with Crippen LogP contribution in [0.2, 0.25) is 0 Å². The maximum absolute atomic E-state index is 11.8. The lowest BCUT2D eigenvalue weighted by Crippen LogP contribution is -2.51. The summed E-state index contributed by atoms with van der Waals surface area (Å²) in [5, 5.41) is 11.3. The molecular formula is C29H52N3O13P. The summed E-state index contributed by atoms with van der Waals surface area (Å²) in [7, 11) is -1.36. The molecule has 1 amide bonds. The third kappa shape index (κ3) is 21.3. The van der Waals surface area contributed by atoms with Gasteiger partial charge in [-0.3, -0.25) is 19.2 Å². The van der Waals surface area contributed by atoms with Crippen LogP contribution < -0.4 is 5.32 Å². The van der Waals surface area contributed by atoms with Gasteiger partial charge >= 0.3 is 17.9 Å². The Morgan fingerprint density at radius 1 is 0.761 bits per heavy atom. The number of carbonyl (C=O) groups excluding carboxylic acids is 4. The highest BCUT2D eigenvalue weighted by Gasteiger charge is 2.33. The number of nitrogens with one attached hydrogen (secondary N) is 1. The number of hydrogen-bond donors (Lipinski definition) is 1. The van der Waals surface area contributed by atoms with E-state index in [-0.39, 0.29) is 64.8 Å². The van der Waals surface area contributed by atoms with Crippen molar-refractivity contribution in [3.63, 3.8) is 0 Å². The third-order valence-corrected chi connectivity index (χ3v) is 7.60. The van der Waals surface area contributed by atoms with Gasteiger partial charge in [-0.15, -0.1) is 0 Å². The van der Waals surface area contributed by atoms with E-state index in [1.165, 1.54) is 27.7 Å². The summed E-state index contributed by atoms with van der Waals surface area (Å²) in [6.07, 6.45) is -4.41. The van der Waals surface area contributed by atoms with Crippen LogP contribution in [0.15, 0.2) is 0 Å². The monoisotopic (exact) mass is 681 g/mol. The number of amides is 1. The Hall–Kier alpha value is -2.48. The number of nitriles is 1. The van der Waals surface area contributed by atoms with Crippen molar-refractivity contribution in [3.8, 4) is 6.07 Å². The summed E-state index contributed by atoms with van der Waals surface area (Å²) in [5.41, 5.74) is 0. The van der Waals surface area contributed by atoms with Crippen molar-refractivity contribution in [1.82, 2.24) is 9.99 Å². The van der Waals surface area contributed by atoms with Crippen molar-refractivity contribution in [1.29, 1.82) is 5.26 Å². The number of carbonyl (C=O) groups is 4. The van der Waals surface area contributed by atoms with E-state index in [1.54, 1.807) is 0 Å². The van der Waals surface area contributed by atoms with Crippen LogP contribution in [0.1, 0.15) is 68.7 Å². The van der Waals surface area contributed by atoms with Gasteiger partial charge in [0.2, 0.25) is 18.4 Å². The lowest BCUT2D eigenvalue weighted by molar-refractivity contribution is -0.251. The molecule has 3 unspecified atom stereocenters. The van der Waals surface area contributed by atoms with Crippen molar-refractivity contribution in [3.05, 3.63) is 0 Å². The topological polar surface area (TPSA) is 190 Å². The lowest BCUT2D eigenvalue weighted by atomic mass is 10.2. The van der Waals surface area contributed by atoms with Crippen molar-refractivity contribution in [2.45, 2.75) is 106 Å². The highest BCUT2D eigenvalue weighted by Crippen LogP contribution is 2.45. The number of hydrogen-bond acceptors (Lipinski definition) is 15. The molecule has 5 atom stereocenters. The molecular weight excluding hydrogens is 629 g/mol. The molecule has 0 aromatic heterocycles. The van der Waals surface area contributed by atoms with E-state index in [1.807, 2.05) is 0 Å². The van der Waals surface area contributed by atoms with E-state index in [4.69, 9.17) is 47.5 Å². The molecule has 0 radical (unpaired) electrons. The molecule has 0 saturated carbocycles. The van der Waals surface area contributed by atoms with E-state index in [0.717, 1.165) is 6.92 Å². The summed E-state index contributed by atoms with van der Waals surface area (Å²) < 4.78 is 52.2. The minimum atomic E-state index is -1.38. The van der Waals surface area contributed by atoms with Gasteiger partial charge in [0.15, 0.2) is 0 Å². The first-order chi connectivity index (χ1) is 21.7. The fraction of sp³-hybridized carbons (Fsp3) is 0.828. The van der Waals surface area contributed by atoms with E-state index in [2.05, 4.69) is 43.8 Å². The molecule has 0 fully saturated rings. The van der Waals surface area contributed by atoms with Gasteiger partial charge in [0.25, 0.3) is 8.53 Å². The normalized spacial score (nSPS) is 14.7. The Bertz CT molecular complexity index is 911. The van der Waals surface area contributed by atoms with Crippen LogP contribution in [0, 0.1) is 11.3 Å². The Morgan fingerprint density at radius 3 is 1.80 bits per heavy atom. The zero-order valence-electron chi connectivity index (χ0n) is 28.5. The van der Waals surface area contributed by atoms with Crippen molar-refractivity contribution >= 4 is 32.3 Å². The van der Waals surface area contributed by atoms with Gasteiger partial charge in [0.1, 0.15) is 18.8 Å². The number of esters is 3. The molecule has 0 saturated heterocycles. The average molecular weight is 682 g/mol. The highest BCUT2D eigenvalue weighted by atomic mass is 31.2. The van der Waals surface area contributed by atoms with Gasteiger partial charge in [-0.05, 0) is 34.6 Å². The molecule has 0 heterocycles. The molecule has 0 aliphatic carbocycles. The van der Waals surface area contributed by atoms with Gasteiger partial charge in [-0.1, -0.05) is 0 Å². The zero-order valence-corrected chi connectivity index (χ0v) is 29.4. The predicted molar refractivity (Wildman–Crippen MR) is 165 cm³/mol. The first kappa shape index (κ1) is 43.5. The van der Waals surface area contributed by atoms with Crippen LogP contribution in [-0.4, -0.2) is 118 Å². The SMILES string of the molecule is CC(=O)N[C@@H](OC(C)=O)C(OCCOCCOCCOP(OCCC#N)N(C(C)C)C(C)C)OC(COC(C)=O)[C@@H](C)OC(C)=O. The quantitative estimate of drug-likeness (QED) is 0.0460. The van der Waals surface area contributed by atoms with Gasteiger partial charge in [0, 0.05) is 39.8 Å². The van der Waals surface area contributed by atoms with E-state index >= 15 is 0 Å². The average Bonchev–Trinajstić information content (AvgIpc) is 2.93. The summed E-state index contributed by atoms with van der Waals surface area (Å²) in [5.74, 6) is -2.45. The van der Waals surface area contributed by atoms with Gasteiger partial charge in [-0.2, -0.15) is 5.26 Å². The summed E-state index contributed by atoms with van der Waals surface area (Å²) >= 11 is 0. The molecule has 0 aromatic rings. The summed E-state index contributed by atoms with van der Waals surface area (Å²) in [6.45, 7) is 15.6. The number of rotatable bonds is 26. The van der Waals surface area contributed by atoms with Gasteiger partial charge in [0.05, 0.1) is 58.7 Å². The minimum absolute atomic E-state index is 0.0576. The first-order valence-electron chi connectivity index (χ1n) is 15.1. The van der Waals surface area contributed by atoms with E-state index in [9.17, 15) is 19.2 Å². The van der Waals surface area contributed by atoms with Crippen LogP contribution in [-0.2, 0) is 61.4 Å². The molecule has 46 heavy (non-hydrogen) atoms. The molecule has 0 aliphatic heterocycles. The maximum Gasteiger partial charge on any atom is 0.304 e. The van der Waals surface area contributed by atoms with Crippen molar-refractivity contribution in [2.24, 2.45) is 0 Å². The van der Waals surface area contributed by atoms with E-state index < -0.39 is 57.1 Å².